The largest absolute Gasteiger partial charge is 0.459 e. The first-order chi connectivity index (χ1) is 11.4. The van der Waals surface area contributed by atoms with Crippen LogP contribution in [0.5, 0.6) is 0 Å². The van der Waals surface area contributed by atoms with Crippen molar-refractivity contribution in [3.8, 4) is 0 Å². The molecule has 1 aliphatic heterocycles. The number of likely N-dealkylation sites (tertiary alicyclic amines) is 1. The highest BCUT2D eigenvalue weighted by Crippen LogP contribution is 2.22. The van der Waals surface area contributed by atoms with Gasteiger partial charge in [-0.25, -0.2) is 4.79 Å². The van der Waals surface area contributed by atoms with E-state index in [1.807, 2.05) is 13.8 Å². The zero-order valence-corrected chi connectivity index (χ0v) is 17.4. The Morgan fingerprint density at radius 3 is 2.32 bits per heavy atom. The van der Waals surface area contributed by atoms with E-state index in [9.17, 15) is 14.4 Å². The second-order valence-corrected chi connectivity index (χ2v) is 8.78. The van der Waals surface area contributed by atoms with E-state index in [4.69, 9.17) is 9.47 Å². The van der Waals surface area contributed by atoms with Crippen molar-refractivity contribution >= 4 is 33.9 Å². The molecule has 0 saturated carbocycles. The lowest BCUT2D eigenvalue weighted by Gasteiger charge is -2.38. The van der Waals surface area contributed by atoms with Gasteiger partial charge in [-0.05, 0) is 33.1 Å². The summed E-state index contributed by atoms with van der Waals surface area (Å²) in [6.45, 7) is 11.2. The fraction of sp³-hybridized carbons (Fsp3) is 0.824. The molecule has 7 nitrogen and oxygen atoms in total. The number of alkyl carbamates (subject to hydrolysis) is 1. The quantitative estimate of drug-likeness (QED) is 0.557. The summed E-state index contributed by atoms with van der Waals surface area (Å²) in [6, 6.07) is -0.695. The van der Waals surface area contributed by atoms with Gasteiger partial charge in [0.15, 0.2) is 0 Å². The average molecular weight is 421 g/mol. The van der Waals surface area contributed by atoms with Crippen molar-refractivity contribution < 1.29 is 23.9 Å². The maximum atomic E-state index is 12.9. The first kappa shape index (κ1) is 21.7. The monoisotopic (exact) mass is 420 g/mol. The van der Waals surface area contributed by atoms with Crippen molar-refractivity contribution in [3.63, 3.8) is 0 Å². The van der Waals surface area contributed by atoms with E-state index in [1.54, 1.807) is 25.7 Å². The topological polar surface area (TPSA) is 84.9 Å². The number of alkyl halides is 1. The van der Waals surface area contributed by atoms with Crippen LogP contribution in [0.1, 0.15) is 48.0 Å². The summed E-state index contributed by atoms with van der Waals surface area (Å²) in [5, 5.41) is 2.67. The van der Waals surface area contributed by atoms with Gasteiger partial charge in [-0.2, -0.15) is 0 Å². The van der Waals surface area contributed by atoms with E-state index >= 15 is 0 Å². The number of piperidine rings is 1. The Labute approximate surface area is 157 Å². The SMILES string of the molecule is CC(=O)OC1CN(C(=O)[C@H](NC(=O)OC(C)(C)C)C(C)C)CCC1Br. The Kier molecular flexibility index (Phi) is 7.71. The molecular formula is C17H29BrN2O5. The lowest BCUT2D eigenvalue weighted by molar-refractivity contribution is -0.152. The smallest absolute Gasteiger partial charge is 0.408 e. The Balaban J connectivity index is 2.78. The van der Waals surface area contributed by atoms with Gasteiger partial charge in [-0.15, -0.1) is 0 Å². The molecule has 1 heterocycles. The lowest BCUT2D eigenvalue weighted by Crippen LogP contribution is -2.56. The average Bonchev–Trinajstić information content (AvgIpc) is 2.43. The van der Waals surface area contributed by atoms with Gasteiger partial charge in [0.25, 0.3) is 0 Å². The molecule has 0 aromatic rings. The van der Waals surface area contributed by atoms with Crippen LogP contribution in [0.4, 0.5) is 4.79 Å². The van der Waals surface area contributed by atoms with E-state index in [2.05, 4.69) is 21.2 Å². The summed E-state index contributed by atoms with van der Waals surface area (Å²) in [4.78, 5) is 37.8. The Hall–Kier alpha value is -1.31. The van der Waals surface area contributed by atoms with E-state index in [-0.39, 0.29) is 22.6 Å². The normalized spacial score (nSPS) is 22.3. The van der Waals surface area contributed by atoms with Crippen LogP contribution in [0.25, 0.3) is 0 Å². The molecule has 1 aliphatic rings. The highest BCUT2D eigenvalue weighted by molar-refractivity contribution is 9.09. The molecule has 0 aromatic heterocycles. The van der Waals surface area contributed by atoms with Gasteiger partial charge in [-0.3, -0.25) is 9.59 Å². The van der Waals surface area contributed by atoms with Gasteiger partial charge in [0, 0.05) is 13.5 Å². The van der Waals surface area contributed by atoms with E-state index in [0.717, 1.165) is 0 Å². The molecule has 144 valence electrons. The molecular weight excluding hydrogens is 392 g/mol. The van der Waals surface area contributed by atoms with E-state index < -0.39 is 23.8 Å². The zero-order chi connectivity index (χ0) is 19.4. The van der Waals surface area contributed by atoms with Crippen molar-refractivity contribution in [2.75, 3.05) is 13.1 Å². The number of carbonyl (C=O) groups excluding carboxylic acids is 3. The van der Waals surface area contributed by atoms with Gasteiger partial charge in [0.05, 0.1) is 11.4 Å². The van der Waals surface area contributed by atoms with E-state index in [1.165, 1.54) is 6.92 Å². The molecule has 25 heavy (non-hydrogen) atoms. The van der Waals surface area contributed by atoms with Gasteiger partial charge in [0.1, 0.15) is 17.7 Å². The standard InChI is InChI=1S/C17H29BrN2O5/c1-10(2)14(19-16(23)25-17(4,5)6)15(22)20-8-7-12(18)13(9-20)24-11(3)21/h10,12-14H,7-9H2,1-6H3,(H,19,23)/t12?,13?,14-/m1/s1. The summed E-state index contributed by atoms with van der Waals surface area (Å²) < 4.78 is 10.5. The van der Waals surface area contributed by atoms with Gasteiger partial charge >= 0.3 is 12.1 Å². The minimum atomic E-state index is -0.695. The number of carbonyl (C=O) groups is 3. The minimum absolute atomic E-state index is 0.0109. The number of halogens is 1. The van der Waals surface area contributed by atoms with Crippen molar-refractivity contribution in [2.24, 2.45) is 5.92 Å². The second kappa shape index (κ2) is 8.87. The van der Waals surface area contributed by atoms with Crippen LogP contribution in [0.3, 0.4) is 0 Å². The third kappa shape index (κ3) is 7.22. The van der Waals surface area contributed by atoms with Crippen molar-refractivity contribution in [1.82, 2.24) is 10.2 Å². The number of nitrogens with zero attached hydrogens (tertiary/aromatic N) is 1. The molecule has 1 N–H and O–H groups in total. The first-order valence-electron chi connectivity index (χ1n) is 8.50. The molecule has 2 unspecified atom stereocenters. The lowest BCUT2D eigenvalue weighted by atomic mass is 10.0. The van der Waals surface area contributed by atoms with E-state index in [0.29, 0.717) is 19.5 Å². The number of ether oxygens (including phenoxy) is 2. The third-order valence-corrected chi connectivity index (χ3v) is 4.76. The highest BCUT2D eigenvalue weighted by Gasteiger charge is 2.36. The number of esters is 1. The van der Waals surface area contributed by atoms with Crippen LogP contribution in [0, 0.1) is 5.92 Å². The van der Waals surface area contributed by atoms with Gasteiger partial charge < -0.3 is 19.7 Å². The first-order valence-corrected chi connectivity index (χ1v) is 9.42. The molecule has 1 fully saturated rings. The number of rotatable bonds is 4. The molecule has 2 amide bonds. The van der Waals surface area contributed by atoms with Crippen LogP contribution < -0.4 is 5.32 Å². The van der Waals surface area contributed by atoms with Crippen molar-refractivity contribution in [2.45, 2.75) is 70.5 Å². The summed E-state index contributed by atoms with van der Waals surface area (Å²) in [5.74, 6) is -0.678. The van der Waals surface area contributed by atoms with Crippen LogP contribution in [-0.4, -0.2) is 58.5 Å². The summed E-state index contributed by atoms with van der Waals surface area (Å²) in [7, 11) is 0. The van der Waals surface area contributed by atoms with Gasteiger partial charge in [0.2, 0.25) is 5.91 Å². The summed E-state index contributed by atoms with van der Waals surface area (Å²) in [6.07, 6.45) is -0.350. The fourth-order valence-corrected chi connectivity index (χ4v) is 3.04. The van der Waals surface area contributed by atoms with Crippen molar-refractivity contribution in [1.29, 1.82) is 0 Å². The van der Waals surface area contributed by atoms with Crippen LogP contribution in [-0.2, 0) is 19.1 Å². The molecule has 8 heteroatoms. The molecule has 0 radical (unpaired) electrons. The molecule has 1 saturated heterocycles. The maximum absolute atomic E-state index is 12.9. The molecule has 0 aliphatic carbocycles. The predicted molar refractivity (Wildman–Crippen MR) is 97.5 cm³/mol. The van der Waals surface area contributed by atoms with Crippen LogP contribution in [0.15, 0.2) is 0 Å². The zero-order valence-electron chi connectivity index (χ0n) is 15.8. The molecule has 0 aromatic carbocycles. The van der Waals surface area contributed by atoms with Crippen LogP contribution in [0.2, 0.25) is 0 Å². The molecule has 0 bridgehead atoms. The number of hydrogen-bond acceptors (Lipinski definition) is 5. The second-order valence-electron chi connectivity index (χ2n) is 7.60. The molecule has 1 rings (SSSR count). The number of nitrogens with one attached hydrogen (secondary N) is 1. The Morgan fingerprint density at radius 2 is 1.84 bits per heavy atom. The number of hydrogen-bond donors (Lipinski definition) is 1. The number of amides is 2. The Morgan fingerprint density at radius 1 is 1.24 bits per heavy atom. The Bertz CT molecular complexity index is 504. The predicted octanol–water partition coefficient (Wildman–Crippen LogP) is 2.46. The molecule has 0 spiro atoms. The fourth-order valence-electron chi connectivity index (χ4n) is 2.56. The minimum Gasteiger partial charge on any atom is -0.459 e. The summed E-state index contributed by atoms with van der Waals surface area (Å²) in [5.41, 5.74) is -0.636. The van der Waals surface area contributed by atoms with Crippen LogP contribution >= 0.6 is 15.9 Å². The van der Waals surface area contributed by atoms with Crippen molar-refractivity contribution in [3.05, 3.63) is 0 Å². The molecule has 3 atom stereocenters. The third-order valence-electron chi connectivity index (χ3n) is 3.71. The maximum Gasteiger partial charge on any atom is 0.408 e. The summed E-state index contributed by atoms with van der Waals surface area (Å²) >= 11 is 3.49. The van der Waals surface area contributed by atoms with Gasteiger partial charge in [-0.1, -0.05) is 29.8 Å². The highest BCUT2D eigenvalue weighted by atomic mass is 79.9.